The maximum absolute atomic E-state index is 12.5. The van der Waals surface area contributed by atoms with Crippen molar-refractivity contribution in [1.29, 1.82) is 5.26 Å². The van der Waals surface area contributed by atoms with Gasteiger partial charge >= 0.3 is 11.7 Å². The predicted octanol–water partition coefficient (Wildman–Crippen LogP) is 2.47. The van der Waals surface area contributed by atoms with Gasteiger partial charge < -0.3 is 15.5 Å². The number of hydrogen-bond donors (Lipinski definition) is 3. The van der Waals surface area contributed by atoms with Crippen LogP contribution in [-0.4, -0.2) is 36.4 Å². The minimum atomic E-state index is -1.27. The minimum Gasteiger partial charge on any atom is -0.477 e. The van der Waals surface area contributed by atoms with Crippen molar-refractivity contribution in [2.24, 2.45) is 7.05 Å². The summed E-state index contributed by atoms with van der Waals surface area (Å²) < 4.78 is 3.06. The number of aryl methyl sites for hydroxylation is 2. The summed E-state index contributed by atoms with van der Waals surface area (Å²) in [6.07, 6.45) is -0.137. The van der Waals surface area contributed by atoms with E-state index in [1.54, 1.807) is 36.7 Å². The second-order valence-corrected chi connectivity index (χ2v) is 6.96. The van der Waals surface area contributed by atoms with Crippen LogP contribution in [0.2, 0.25) is 5.15 Å². The molecule has 0 amide bonds. The van der Waals surface area contributed by atoms with Gasteiger partial charge in [-0.1, -0.05) is 11.6 Å². The van der Waals surface area contributed by atoms with Crippen molar-refractivity contribution in [3.05, 3.63) is 51.2 Å². The number of nitrogens with one attached hydrogen (secondary N) is 1. The SMILES string of the molecule is C[C@@H](O)CCn1c(=O)n(C)c2ccc(Nc3cc(C(=O)O)nc(Cl)c3C#N)cc21. The number of anilines is 2. The van der Waals surface area contributed by atoms with Gasteiger partial charge in [-0.2, -0.15) is 5.26 Å². The fraction of sp³-hybridized carbons (Fsp3) is 0.263. The molecule has 29 heavy (non-hydrogen) atoms. The van der Waals surface area contributed by atoms with Gasteiger partial charge in [0.25, 0.3) is 0 Å². The average molecular weight is 416 g/mol. The minimum absolute atomic E-state index is 0.0105. The number of nitriles is 1. The molecule has 0 radical (unpaired) electrons. The van der Waals surface area contributed by atoms with E-state index in [-0.39, 0.29) is 27.8 Å². The Morgan fingerprint density at radius 3 is 2.72 bits per heavy atom. The highest BCUT2D eigenvalue weighted by Gasteiger charge is 2.16. The number of hydrogen-bond acceptors (Lipinski definition) is 6. The molecule has 3 rings (SSSR count). The number of carboxylic acid groups (broad SMARTS) is 1. The smallest absolute Gasteiger partial charge is 0.354 e. The van der Waals surface area contributed by atoms with Gasteiger partial charge in [0.05, 0.1) is 22.8 Å². The molecule has 0 saturated heterocycles. The van der Waals surface area contributed by atoms with Crippen molar-refractivity contribution in [3.8, 4) is 6.07 Å². The molecule has 150 valence electrons. The van der Waals surface area contributed by atoms with E-state index in [1.165, 1.54) is 10.6 Å². The molecule has 0 aliphatic carbocycles. The van der Waals surface area contributed by atoms with Crippen LogP contribution in [0, 0.1) is 11.3 Å². The van der Waals surface area contributed by atoms with Crippen molar-refractivity contribution >= 4 is 40.0 Å². The number of imidazole rings is 1. The number of benzene rings is 1. The molecule has 0 aliphatic rings. The summed E-state index contributed by atoms with van der Waals surface area (Å²) >= 11 is 5.95. The van der Waals surface area contributed by atoms with Gasteiger partial charge in [-0.25, -0.2) is 14.6 Å². The second-order valence-electron chi connectivity index (χ2n) is 6.60. The Morgan fingerprint density at radius 1 is 1.38 bits per heavy atom. The molecule has 0 fully saturated rings. The topological polar surface area (TPSA) is 133 Å². The van der Waals surface area contributed by atoms with Crippen molar-refractivity contribution in [1.82, 2.24) is 14.1 Å². The quantitative estimate of drug-likeness (QED) is 0.526. The summed E-state index contributed by atoms with van der Waals surface area (Å²) in [5.74, 6) is -1.27. The zero-order valence-electron chi connectivity index (χ0n) is 15.7. The second kappa shape index (κ2) is 7.95. The number of nitrogens with zero attached hydrogens (tertiary/aromatic N) is 4. The van der Waals surface area contributed by atoms with E-state index in [1.807, 2.05) is 6.07 Å². The van der Waals surface area contributed by atoms with Gasteiger partial charge in [-0.3, -0.25) is 9.13 Å². The van der Waals surface area contributed by atoms with Gasteiger partial charge in [0.15, 0.2) is 5.69 Å². The third-order valence-electron chi connectivity index (χ3n) is 4.50. The molecule has 1 atom stereocenters. The van der Waals surface area contributed by atoms with Crippen LogP contribution >= 0.6 is 11.6 Å². The summed E-state index contributed by atoms with van der Waals surface area (Å²) in [6.45, 7) is 1.99. The van der Waals surface area contributed by atoms with Crippen LogP contribution in [0.1, 0.15) is 29.4 Å². The van der Waals surface area contributed by atoms with Crippen molar-refractivity contribution in [2.45, 2.75) is 26.0 Å². The Hall–Kier alpha value is -3.35. The summed E-state index contributed by atoms with van der Waals surface area (Å²) in [5.41, 5.74) is 1.56. The number of aromatic nitrogens is 3. The molecule has 0 bridgehead atoms. The molecular weight excluding hydrogens is 398 g/mol. The van der Waals surface area contributed by atoms with Crippen LogP contribution in [-0.2, 0) is 13.6 Å². The first-order chi connectivity index (χ1) is 13.7. The van der Waals surface area contributed by atoms with Crippen LogP contribution in [0.5, 0.6) is 0 Å². The third-order valence-corrected chi connectivity index (χ3v) is 4.77. The highest BCUT2D eigenvalue weighted by Crippen LogP contribution is 2.28. The first-order valence-corrected chi connectivity index (χ1v) is 9.09. The number of pyridine rings is 1. The monoisotopic (exact) mass is 415 g/mol. The van der Waals surface area contributed by atoms with E-state index in [0.29, 0.717) is 29.7 Å². The van der Waals surface area contributed by atoms with Gasteiger partial charge in [0.1, 0.15) is 16.8 Å². The number of aliphatic hydroxyl groups excluding tert-OH is 1. The Morgan fingerprint density at radius 2 is 2.10 bits per heavy atom. The van der Waals surface area contributed by atoms with E-state index in [0.717, 1.165) is 0 Å². The molecule has 2 heterocycles. The van der Waals surface area contributed by atoms with E-state index in [9.17, 15) is 25.1 Å². The Balaban J connectivity index is 2.08. The standard InChI is InChI=1S/C19H18ClN5O4/c1-10(26)5-6-25-16-7-11(3-4-15(16)24(2)19(25)29)22-13-8-14(18(27)28)23-17(20)12(13)9-21/h3-4,7-8,10,26H,5-6H2,1-2H3,(H,22,23)(H,27,28)/t10-/m1/s1. The fourth-order valence-corrected chi connectivity index (χ4v) is 3.24. The molecule has 0 unspecified atom stereocenters. The van der Waals surface area contributed by atoms with E-state index in [4.69, 9.17) is 11.6 Å². The van der Waals surface area contributed by atoms with E-state index < -0.39 is 12.1 Å². The van der Waals surface area contributed by atoms with Crippen LogP contribution in [0.4, 0.5) is 11.4 Å². The van der Waals surface area contributed by atoms with Gasteiger partial charge in [-0.15, -0.1) is 0 Å². The first-order valence-electron chi connectivity index (χ1n) is 8.71. The number of rotatable bonds is 6. The van der Waals surface area contributed by atoms with Crippen molar-refractivity contribution in [2.75, 3.05) is 5.32 Å². The molecule has 0 aliphatic heterocycles. The fourth-order valence-electron chi connectivity index (χ4n) is 3.00. The highest BCUT2D eigenvalue weighted by molar-refractivity contribution is 6.31. The van der Waals surface area contributed by atoms with Crippen molar-refractivity contribution < 1.29 is 15.0 Å². The number of carboxylic acids is 1. The summed E-state index contributed by atoms with van der Waals surface area (Å²) in [6, 6.07) is 8.30. The number of carbonyl (C=O) groups is 1. The predicted molar refractivity (Wildman–Crippen MR) is 108 cm³/mol. The molecule has 9 nitrogen and oxygen atoms in total. The van der Waals surface area contributed by atoms with Crippen LogP contribution in [0.3, 0.4) is 0 Å². The Bertz CT molecular complexity index is 1210. The van der Waals surface area contributed by atoms with E-state index in [2.05, 4.69) is 10.3 Å². The summed E-state index contributed by atoms with van der Waals surface area (Å²) in [7, 11) is 1.66. The lowest BCUT2D eigenvalue weighted by Gasteiger charge is -2.11. The first kappa shape index (κ1) is 20.4. The lowest BCUT2D eigenvalue weighted by Crippen LogP contribution is -2.23. The van der Waals surface area contributed by atoms with Crippen LogP contribution < -0.4 is 11.0 Å². The zero-order chi connectivity index (χ0) is 21.3. The lowest BCUT2D eigenvalue weighted by atomic mass is 10.2. The molecular formula is C19H18ClN5O4. The Labute approximate surface area is 170 Å². The van der Waals surface area contributed by atoms with Crippen LogP contribution in [0.15, 0.2) is 29.1 Å². The Kier molecular flexibility index (Phi) is 5.59. The number of aromatic carboxylic acids is 1. The summed E-state index contributed by atoms with van der Waals surface area (Å²) in [4.78, 5) is 27.5. The highest BCUT2D eigenvalue weighted by atomic mass is 35.5. The van der Waals surface area contributed by atoms with E-state index >= 15 is 0 Å². The maximum atomic E-state index is 12.5. The van der Waals surface area contributed by atoms with Crippen molar-refractivity contribution in [3.63, 3.8) is 0 Å². The largest absolute Gasteiger partial charge is 0.477 e. The van der Waals surface area contributed by atoms with Gasteiger partial charge in [0.2, 0.25) is 0 Å². The van der Waals surface area contributed by atoms with Crippen LogP contribution in [0.25, 0.3) is 11.0 Å². The summed E-state index contributed by atoms with van der Waals surface area (Å²) in [5, 5.41) is 30.9. The average Bonchev–Trinajstić information content (AvgIpc) is 2.89. The molecule has 10 heteroatoms. The van der Waals surface area contributed by atoms with Gasteiger partial charge in [0, 0.05) is 19.3 Å². The maximum Gasteiger partial charge on any atom is 0.354 e. The number of halogens is 1. The lowest BCUT2D eigenvalue weighted by molar-refractivity contribution is 0.0690. The number of aliphatic hydroxyl groups is 1. The normalized spacial score (nSPS) is 12.0. The molecule has 2 aromatic heterocycles. The number of fused-ring (bicyclic) bond motifs is 1. The molecule has 3 N–H and O–H groups in total. The van der Waals surface area contributed by atoms with Gasteiger partial charge in [-0.05, 0) is 37.6 Å². The molecule has 0 saturated carbocycles. The third kappa shape index (κ3) is 3.94. The molecule has 0 spiro atoms. The zero-order valence-corrected chi connectivity index (χ0v) is 16.4. The molecule has 3 aromatic rings. The molecule has 1 aromatic carbocycles.